The smallest absolute Gasteiger partial charge is 0.261 e. The molecule has 0 amide bonds. The number of rotatable bonds is 3. The van der Waals surface area contributed by atoms with Crippen molar-refractivity contribution < 1.29 is 8.42 Å². The molecule has 18 heavy (non-hydrogen) atoms. The fourth-order valence-electron chi connectivity index (χ4n) is 1.40. The highest BCUT2D eigenvalue weighted by Crippen LogP contribution is 2.15. The Balaban J connectivity index is 2.28. The maximum atomic E-state index is 12.0. The van der Waals surface area contributed by atoms with E-state index in [9.17, 15) is 8.42 Å². The Labute approximate surface area is 105 Å². The standard InChI is InChI=1S/C11H10N4O2S/c1-15-8-10(7-13-15)14-18(16,17)11-4-2-9(6-12)3-5-11/h2-5,7-8,14H,1H3. The molecule has 0 saturated heterocycles. The lowest BCUT2D eigenvalue weighted by Gasteiger charge is -2.05. The van der Waals surface area contributed by atoms with E-state index in [1.54, 1.807) is 13.2 Å². The van der Waals surface area contributed by atoms with Crippen LogP contribution in [0.5, 0.6) is 0 Å². The van der Waals surface area contributed by atoms with Crippen molar-refractivity contribution in [2.24, 2.45) is 7.05 Å². The van der Waals surface area contributed by atoms with E-state index < -0.39 is 10.0 Å². The topological polar surface area (TPSA) is 87.8 Å². The Morgan fingerprint density at radius 2 is 2.00 bits per heavy atom. The SMILES string of the molecule is Cn1cc(NS(=O)(=O)c2ccc(C#N)cc2)cn1. The van der Waals surface area contributed by atoms with Gasteiger partial charge in [0, 0.05) is 13.2 Å². The minimum atomic E-state index is -3.64. The van der Waals surface area contributed by atoms with E-state index in [1.165, 1.54) is 35.1 Å². The Kier molecular flexibility index (Phi) is 3.04. The van der Waals surface area contributed by atoms with Crippen LogP contribution in [0.3, 0.4) is 0 Å². The molecule has 1 aromatic heterocycles. The Bertz CT molecular complexity index is 695. The summed E-state index contributed by atoms with van der Waals surface area (Å²) in [5, 5.41) is 12.5. The fraction of sp³-hybridized carbons (Fsp3) is 0.0909. The van der Waals surface area contributed by atoms with E-state index in [0.29, 0.717) is 11.3 Å². The van der Waals surface area contributed by atoms with Gasteiger partial charge in [0.15, 0.2) is 0 Å². The molecule has 1 heterocycles. The van der Waals surface area contributed by atoms with Crippen molar-refractivity contribution in [3.05, 3.63) is 42.2 Å². The summed E-state index contributed by atoms with van der Waals surface area (Å²) in [4.78, 5) is 0.102. The van der Waals surface area contributed by atoms with Crippen LogP contribution in [0.25, 0.3) is 0 Å². The van der Waals surface area contributed by atoms with Crippen LogP contribution in [0.15, 0.2) is 41.6 Å². The molecule has 7 heteroatoms. The number of anilines is 1. The second-order valence-corrected chi connectivity index (χ2v) is 5.33. The van der Waals surface area contributed by atoms with Gasteiger partial charge in [0.25, 0.3) is 10.0 Å². The molecule has 0 aliphatic carbocycles. The number of nitrogens with zero attached hydrogens (tertiary/aromatic N) is 3. The first-order valence-electron chi connectivity index (χ1n) is 5.03. The summed E-state index contributed by atoms with van der Waals surface area (Å²) < 4.78 is 27.9. The molecule has 2 rings (SSSR count). The van der Waals surface area contributed by atoms with Gasteiger partial charge < -0.3 is 0 Å². The summed E-state index contributed by atoms with van der Waals surface area (Å²) in [5.41, 5.74) is 0.803. The third-order valence-corrected chi connectivity index (χ3v) is 3.65. The number of nitriles is 1. The molecule has 0 spiro atoms. The summed E-state index contributed by atoms with van der Waals surface area (Å²) in [6.45, 7) is 0. The molecule has 0 saturated carbocycles. The highest BCUT2D eigenvalue weighted by atomic mass is 32.2. The Morgan fingerprint density at radius 3 is 2.50 bits per heavy atom. The molecule has 0 aliphatic heterocycles. The number of sulfonamides is 1. The van der Waals surface area contributed by atoms with E-state index in [2.05, 4.69) is 9.82 Å². The molecule has 2 aromatic rings. The number of hydrogen-bond donors (Lipinski definition) is 1. The molecule has 0 bridgehead atoms. The molecule has 0 radical (unpaired) electrons. The van der Waals surface area contributed by atoms with Crippen LogP contribution in [-0.4, -0.2) is 18.2 Å². The van der Waals surface area contributed by atoms with Gasteiger partial charge in [-0.05, 0) is 24.3 Å². The summed E-state index contributed by atoms with van der Waals surface area (Å²) in [7, 11) is -1.94. The second kappa shape index (κ2) is 4.50. The summed E-state index contributed by atoms with van der Waals surface area (Å²) in [6, 6.07) is 7.61. The number of hydrogen-bond acceptors (Lipinski definition) is 4. The van der Waals surface area contributed by atoms with Crippen molar-refractivity contribution in [3.8, 4) is 6.07 Å². The average Bonchev–Trinajstić information content (AvgIpc) is 2.74. The number of aryl methyl sites for hydroxylation is 1. The first-order valence-corrected chi connectivity index (χ1v) is 6.51. The van der Waals surface area contributed by atoms with Crippen molar-refractivity contribution in [3.63, 3.8) is 0 Å². The van der Waals surface area contributed by atoms with Gasteiger partial charge in [0.1, 0.15) is 0 Å². The van der Waals surface area contributed by atoms with E-state index in [1.807, 2.05) is 6.07 Å². The molecule has 0 fully saturated rings. The first kappa shape index (κ1) is 12.1. The normalized spacial score (nSPS) is 10.9. The van der Waals surface area contributed by atoms with Crippen LogP contribution in [0.4, 0.5) is 5.69 Å². The minimum absolute atomic E-state index is 0.102. The van der Waals surface area contributed by atoms with E-state index in [-0.39, 0.29) is 4.90 Å². The number of aromatic nitrogens is 2. The summed E-state index contributed by atoms with van der Waals surface area (Å²) in [6.07, 6.45) is 2.97. The van der Waals surface area contributed by atoms with Crippen LogP contribution in [0.1, 0.15) is 5.56 Å². The Hall–Kier alpha value is -2.33. The molecule has 0 aliphatic rings. The summed E-state index contributed by atoms with van der Waals surface area (Å²) in [5.74, 6) is 0. The van der Waals surface area contributed by atoms with Crippen LogP contribution < -0.4 is 4.72 Å². The molecule has 1 N–H and O–H groups in total. The lowest BCUT2D eigenvalue weighted by Crippen LogP contribution is -2.12. The zero-order valence-electron chi connectivity index (χ0n) is 9.53. The highest BCUT2D eigenvalue weighted by molar-refractivity contribution is 7.92. The lowest BCUT2D eigenvalue weighted by atomic mass is 10.2. The third kappa shape index (κ3) is 2.49. The maximum absolute atomic E-state index is 12.0. The van der Waals surface area contributed by atoms with Crippen molar-refractivity contribution >= 4 is 15.7 Å². The van der Waals surface area contributed by atoms with Crippen LogP contribution >= 0.6 is 0 Å². The fourth-order valence-corrected chi connectivity index (χ4v) is 2.42. The average molecular weight is 262 g/mol. The molecule has 0 unspecified atom stereocenters. The monoisotopic (exact) mass is 262 g/mol. The van der Waals surface area contributed by atoms with Crippen LogP contribution in [-0.2, 0) is 17.1 Å². The van der Waals surface area contributed by atoms with Crippen molar-refractivity contribution in [2.75, 3.05) is 4.72 Å². The van der Waals surface area contributed by atoms with E-state index >= 15 is 0 Å². The van der Waals surface area contributed by atoms with Gasteiger partial charge in [-0.15, -0.1) is 0 Å². The van der Waals surface area contributed by atoms with Gasteiger partial charge in [-0.1, -0.05) is 0 Å². The van der Waals surface area contributed by atoms with Crippen molar-refractivity contribution in [1.82, 2.24) is 9.78 Å². The molecular weight excluding hydrogens is 252 g/mol. The zero-order valence-corrected chi connectivity index (χ0v) is 10.3. The zero-order chi connectivity index (χ0) is 13.2. The lowest BCUT2D eigenvalue weighted by molar-refractivity contribution is 0.601. The first-order chi connectivity index (χ1) is 8.51. The largest absolute Gasteiger partial charge is 0.276 e. The summed E-state index contributed by atoms with van der Waals surface area (Å²) >= 11 is 0. The highest BCUT2D eigenvalue weighted by Gasteiger charge is 2.14. The molecule has 1 aromatic carbocycles. The van der Waals surface area contributed by atoms with Crippen LogP contribution in [0.2, 0.25) is 0 Å². The molecule has 6 nitrogen and oxygen atoms in total. The molecular formula is C11H10N4O2S. The third-order valence-electron chi connectivity index (χ3n) is 2.25. The van der Waals surface area contributed by atoms with Crippen LogP contribution in [0, 0.1) is 11.3 Å². The Morgan fingerprint density at radius 1 is 1.33 bits per heavy atom. The quantitative estimate of drug-likeness (QED) is 0.896. The minimum Gasteiger partial charge on any atom is -0.276 e. The van der Waals surface area contributed by atoms with Gasteiger partial charge in [0.05, 0.1) is 28.4 Å². The van der Waals surface area contributed by atoms with Gasteiger partial charge in [-0.25, -0.2) is 8.42 Å². The van der Waals surface area contributed by atoms with E-state index in [0.717, 1.165) is 0 Å². The maximum Gasteiger partial charge on any atom is 0.261 e. The van der Waals surface area contributed by atoms with Gasteiger partial charge in [0.2, 0.25) is 0 Å². The second-order valence-electron chi connectivity index (χ2n) is 3.64. The van der Waals surface area contributed by atoms with Crippen molar-refractivity contribution in [2.45, 2.75) is 4.90 Å². The van der Waals surface area contributed by atoms with Gasteiger partial charge >= 0.3 is 0 Å². The number of nitrogens with one attached hydrogen (secondary N) is 1. The predicted octanol–water partition coefficient (Wildman–Crippen LogP) is 1.09. The molecule has 92 valence electrons. The van der Waals surface area contributed by atoms with Gasteiger partial charge in [-0.2, -0.15) is 10.4 Å². The van der Waals surface area contributed by atoms with E-state index in [4.69, 9.17) is 5.26 Å². The predicted molar refractivity (Wildman–Crippen MR) is 65.2 cm³/mol. The van der Waals surface area contributed by atoms with Crippen molar-refractivity contribution in [1.29, 1.82) is 5.26 Å². The number of benzene rings is 1. The van der Waals surface area contributed by atoms with Gasteiger partial charge in [-0.3, -0.25) is 9.40 Å². The molecule has 0 atom stereocenters.